The van der Waals surface area contributed by atoms with Crippen molar-refractivity contribution in [1.29, 1.82) is 0 Å². The molecule has 2 aromatic carbocycles. The molecule has 146 valence electrons. The Labute approximate surface area is 155 Å². The number of halogens is 6. The molecule has 0 saturated heterocycles. The van der Waals surface area contributed by atoms with Crippen LogP contribution in [0.2, 0.25) is 0 Å². The molecule has 1 atom stereocenters. The average Bonchev–Trinajstić information content (AvgIpc) is 3.10. The molecule has 4 rings (SSSR count). The summed E-state index contributed by atoms with van der Waals surface area (Å²) in [4.78, 5) is 0. The van der Waals surface area contributed by atoms with Gasteiger partial charge in [-0.1, -0.05) is 30.3 Å². The van der Waals surface area contributed by atoms with Crippen LogP contribution in [0.25, 0.3) is 16.5 Å². The quantitative estimate of drug-likeness (QED) is 0.530. The highest BCUT2D eigenvalue weighted by Gasteiger charge is 2.58. The van der Waals surface area contributed by atoms with E-state index in [1.165, 1.54) is 18.2 Å². The topological polar surface area (TPSA) is 25.2 Å². The molecule has 1 N–H and O–H groups in total. The van der Waals surface area contributed by atoms with Crippen molar-refractivity contribution in [2.45, 2.75) is 25.0 Å². The van der Waals surface area contributed by atoms with Gasteiger partial charge in [0.2, 0.25) is 0 Å². The first-order chi connectivity index (χ1) is 12.9. The molecule has 28 heavy (non-hydrogen) atoms. The van der Waals surface area contributed by atoms with Crippen molar-refractivity contribution in [3.8, 4) is 0 Å². The Morgan fingerprint density at radius 1 is 0.929 bits per heavy atom. The highest BCUT2D eigenvalue weighted by Crippen LogP contribution is 2.50. The summed E-state index contributed by atoms with van der Waals surface area (Å²) in [7, 11) is 0. The standard InChI is InChI=1S/C20H13F6NO/c1-11-14-7-2-3-8-16(14)27-17(11)15(10-18(27,28)20(24,25)26)12-5-4-6-13(9-12)19(21,22)23/h2-10,28H,1H3. The fourth-order valence-corrected chi connectivity index (χ4v) is 3.70. The zero-order valence-electron chi connectivity index (χ0n) is 14.4. The first kappa shape index (κ1) is 18.6. The zero-order chi connectivity index (χ0) is 20.5. The Balaban J connectivity index is 2.05. The molecule has 0 aliphatic carbocycles. The second-order valence-corrected chi connectivity index (χ2v) is 6.69. The summed E-state index contributed by atoms with van der Waals surface area (Å²) in [6, 6.07) is 10.3. The van der Waals surface area contributed by atoms with Crippen LogP contribution in [-0.2, 0) is 11.9 Å². The van der Waals surface area contributed by atoms with E-state index in [-0.39, 0.29) is 22.3 Å². The molecule has 2 nitrogen and oxygen atoms in total. The lowest BCUT2D eigenvalue weighted by molar-refractivity contribution is -0.272. The Hall–Kier alpha value is -2.74. The normalized spacial score (nSPS) is 19.8. The molecule has 0 radical (unpaired) electrons. The van der Waals surface area contributed by atoms with E-state index in [4.69, 9.17) is 0 Å². The minimum absolute atomic E-state index is 0.0420. The molecule has 0 spiro atoms. The van der Waals surface area contributed by atoms with Crippen LogP contribution in [0.4, 0.5) is 26.3 Å². The van der Waals surface area contributed by atoms with Crippen molar-refractivity contribution in [2.75, 3.05) is 0 Å². The third-order valence-corrected chi connectivity index (χ3v) is 4.99. The fraction of sp³-hybridized carbons (Fsp3) is 0.200. The molecule has 0 fully saturated rings. The predicted molar refractivity (Wildman–Crippen MR) is 91.4 cm³/mol. The summed E-state index contributed by atoms with van der Waals surface area (Å²) in [5.74, 6) is 0. The number of nitrogens with zero attached hydrogens (tertiary/aromatic N) is 1. The van der Waals surface area contributed by atoms with Crippen LogP contribution in [-0.4, -0.2) is 15.8 Å². The van der Waals surface area contributed by atoms with E-state index < -0.39 is 23.6 Å². The predicted octanol–water partition coefficient (Wildman–Crippen LogP) is 5.62. The number of benzene rings is 2. The van der Waals surface area contributed by atoms with Gasteiger partial charge in [0.15, 0.2) is 0 Å². The van der Waals surface area contributed by atoms with E-state index in [1.807, 2.05) is 0 Å². The third-order valence-electron chi connectivity index (χ3n) is 4.99. The van der Waals surface area contributed by atoms with Crippen LogP contribution >= 0.6 is 0 Å². The van der Waals surface area contributed by atoms with E-state index in [0.717, 1.165) is 22.8 Å². The Bertz CT molecular complexity index is 1120. The molecule has 1 aromatic heterocycles. The SMILES string of the molecule is Cc1c2n(c3ccccc13)C(O)(C(F)(F)F)C=C2c1cccc(C(F)(F)F)c1. The maximum Gasteiger partial charge on any atom is 0.441 e. The zero-order valence-corrected chi connectivity index (χ0v) is 14.4. The number of aryl methyl sites for hydroxylation is 1. The lowest BCUT2D eigenvalue weighted by Crippen LogP contribution is -2.44. The average molecular weight is 397 g/mol. The summed E-state index contributed by atoms with van der Waals surface area (Å²) in [5, 5.41) is 11.1. The van der Waals surface area contributed by atoms with Gasteiger partial charge in [0.1, 0.15) is 0 Å². The Kier molecular flexibility index (Phi) is 3.75. The second kappa shape index (κ2) is 5.64. The number of hydrogen-bond acceptors (Lipinski definition) is 1. The minimum Gasteiger partial charge on any atom is -0.360 e. The van der Waals surface area contributed by atoms with Gasteiger partial charge in [0.25, 0.3) is 5.72 Å². The minimum atomic E-state index is -5.07. The molecule has 0 amide bonds. The van der Waals surface area contributed by atoms with Gasteiger partial charge >= 0.3 is 12.4 Å². The number of aliphatic hydroxyl groups is 1. The van der Waals surface area contributed by atoms with Crippen molar-refractivity contribution in [3.05, 3.63) is 77.0 Å². The molecule has 0 saturated carbocycles. The molecule has 8 heteroatoms. The van der Waals surface area contributed by atoms with Gasteiger partial charge in [-0.2, -0.15) is 26.3 Å². The highest BCUT2D eigenvalue weighted by atomic mass is 19.4. The number of fused-ring (bicyclic) bond motifs is 3. The van der Waals surface area contributed by atoms with Crippen molar-refractivity contribution in [1.82, 2.24) is 4.57 Å². The van der Waals surface area contributed by atoms with Crippen LogP contribution in [0.5, 0.6) is 0 Å². The Morgan fingerprint density at radius 2 is 1.61 bits per heavy atom. The number of alkyl halides is 6. The number of para-hydroxylation sites is 1. The van der Waals surface area contributed by atoms with Gasteiger partial charge in [-0.15, -0.1) is 0 Å². The van der Waals surface area contributed by atoms with E-state index in [9.17, 15) is 31.4 Å². The van der Waals surface area contributed by atoms with Gasteiger partial charge in [0, 0.05) is 11.0 Å². The maximum absolute atomic E-state index is 13.8. The molecular weight excluding hydrogens is 384 g/mol. The van der Waals surface area contributed by atoms with Crippen molar-refractivity contribution < 1.29 is 31.4 Å². The number of rotatable bonds is 1. The van der Waals surface area contributed by atoms with Crippen LogP contribution in [0.3, 0.4) is 0 Å². The molecule has 2 heterocycles. The fourth-order valence-electron chi connectivity index (χ4n) is 3.70. The van der Waals surface area contributed by atoms with Gasteiger partial charge < -0.3 is 9.67 Å². The van der Waals surface area contributed by atoms with Crippen molar-refractivity contribution >= 4 is 16.5 Å². The van der Waals surface area contributed by atoms with Crippen molar-refractivity contribution in [3.63, 3.8) is 0 Å². The van der Waals surface area contributed by atoms with E-state index in [1.54, 1.807) is 19.1 Å². The van der Waals surface area contributed by atoms with E-state index >= 15 is 0 Å². The lowest BCUT2D eigenvalue weighted by atomic mass is 9.97. The number of hydrogen-bond donors (Lipinski definition) is 1. The highest BCUT2D eigenvalue weighted by molar-refractivity contribution is 5.95. The monoisotopic (exact) mass is 397 g/mol. The lowest BCUT2D eigenvalue weighted by Gasteiger charge is -2.27. The largest absolute Gasteiger partial charge is 0.441 e. The Morgan fingerprint density at radius 3 is 2.25 bits per heavy atom. The summed E-state index contributed by atoms with van der Waals surface area (Å²) in [6.07, 6.45) is -9.13. The van der Waals surface area contributed by atoms with Crippen LogP contribution in [0.15, 0.2) is 54.6 Å². The summed E-state index contributed by atoms with van der Waals surface area (Å²) >= 11 is 0. The molecular formula is C20H13F6NO. The van der Waals surface area contributed by atoms with Crippen LogP contribution < -0.4 is 0 Å². The summed E-state index contributed by atoms with van der Waals surface area (Å²) in [5.41, 5.74) is -3.86. The smallest absolute Gasteiger partial charge is 0.360 e. The maximum atomic E-state index is 13.8. The first-order valence-electron chi connectivity index (χ1n) is 8.25. The summed E-state index contributed by atoms with van der Waals surface area (Å²) in [6.45, 7) is 1.58. The molecule has 0 bridgehead atoms. The molecule has 1 aliphatic heterocycles. The molecule has 3 aromatic rings. The summed E-state index contributed by atoms with van der Waals surface area (Å²) < 4.78 is 81.5. The van der Waals surface area contributed by atoms with Crippen LogP contribution in [0, 0.1) is 6.92 Å². The first-order valence-corrected chi connectivity index (χ1v) is 8.25. The van der Waals surface area contributed by atoms with Gasteiger partial charge in [-0.05, 0) is 42.3 Å². The van der Waals surface area contributed by atoms with Crippen molar-refractivity contribution in [2.24, 2.45) is 0 Å². The second-order valence-electron chi connectivity index (χ2n) is 6.69. The molecule has 1 unspecified atom stereocenters. The van der Waals surface area contributed by atoms with Gasteiger partial charge in [0.05, 0.1) is 16.8 Å². The van der Waals surface area contributed by atoms with Gasteiger partial charge in [-0.3, -0.25) is 0 Å². The number of aromatic nitrogens is 1. The van der Waals surface area contributed by atoms with Crippen LogP contribution in [0.1, 0.15) is 22.4 Å². The molecule has 1 aliphatic rings. The van der Waals surface area contributed by atoms with E-state index in [2.05, 4.69) is 0 Å². The third kappa shape index (κ3) is 2.47. The van der Waals surface area contributed by atoms with E-state index in [0.29, 0.717) is 17.0 Å². The van der Waals surface area contributed by atoms with Gasteiger partial charge in [-0.25, -0.2) is 0 Å².